The van der Waals surface area contributed by atoms with E-state index in [1.807, 2.05) is 11.4 Å². The van der Waals surface area contributed by atoms with E-state index in [0.717, 1.165) is 12.1 Å². The van der Waals surface area contributed by atoms with Crippen molar-refractivity contribution in [2.24, 2.45) is 0 Å². The maximum atomic E-state index is 11.7. The van der Waals surface area contributed by atoms with Crippen LogP contribution in [0.2, 0.25) is 0 Å². The van der Waals surface area contributed by atoms with Crippen LogP contribution < -0.4 is 5.32 Å². The number of thiophene rings is 1. The van der Waals surface area contributed by atoms with Gasteiger partial charge in [0.1, 0.15) is 0 Å². The molecule has 2 aromatic rings. The number of aromatic nitrogens is 1. The van der Waals surface area contributed by atoms with Crippen LogP contribution in [-0.2, 0) is 17.8 Å². The summed E-state index contributed by atoms with van der Waals surface area (Å²) in [7, 11) is 0. The minimum absolute atomic E-state index is 0.106. The predicted octanol–water partition coefficient (Wildman–Crippen LogP) is 3.33. The van der Waals surface area contributed by atoms with Crippen molar-refractivity contribution in [1.29, 1.82) is 0 Å². The normalized spacial score (nSPS) is 14.5. The number of carbonyl (C=O) groups excluding carboxylic acids is 1. The van der Waals surface area contributed by atoms with Crippen molar-refractivity contribution in [2.45, 2.75) is 38.1 Å². The summed E-state index contributed by atoms with van der Waals surface area (Å²) >= 11 is 3.42. The van der Waals surface area contributed by atoms with E-state index in [2.05, 4.69) is 21.7 Å². The first-order chi connectivity index (χ1) is 9.31. The Labute approximate surface area is 120 Å². The van der Waals surface area contributed by atoms with Crippen molar-refractivity contribution < 1.29 is 4.79 Å². The molecule has 100 valence electrons. The lowest BCUT2D eigenvalue weighted by Gasteiger charge is -2.02. The lowest BCUT2D eigenvalue weighted by Crippen LogP contribution is -2.23. The maximum absolute atomic E-state index is 11.7. The molecular formula is C14H16N2OS2. The molecule has 3 nitrogen and oxygen atoms in total. The molecule has 1 aliphatic rings. The third-order valence-electron chi connectivity index (χ3n) is 3.14. The fourth-order valence-electron chi connectivity index (χ4n) is 1.89. The van der Waals surface area contributed by atoms with Gasteiger partial charge in [0.25, 0.3) is 0 Å². The summed E-state index contributed by atoms with van der Waals surface area (Å²) in [4.78, 5) is 17.6. The summed E-state index contributed by atoms with van der Waals surface area (Å²) in [6, 6.07) is 4.09. The summed E-state index contributed by atoms with van der Waals surface area (Å²) < 4.78 is 0. The van der Waals surface area contributed by atoms with Gasteiger partial charge in [-0.3, -0.25) is 4.79 Å². The predicted molar refractivity (Wildman–Crippen MR) is 78.6 cm³/mol. The molecule has 0 saturated heterocycles. The van der Waals surface area contributed by atoms with Crippen LogP contribution in [0.25, 0.3) is 0 Å². The van der Waals surface area contributed by atoms with Crippen LogP contribution >= 0.6 is 22.7 Å². The van der Waals surface area contributed by atoms with Crippen molar-refractivity contribution >= 4 is 28.6 Å². The number of nitrogens with one attached hydrogen (secondary N) is 1. The quantitative estimate of drug-likeness (QED) is 0.887. The summed E-state index contributed by atoms with van der Waals surface area (Å²) in [6.07, 6.45) is 3.94. The molecule has 1 saturated carbocycles. The topological polar surface area (TPSA) is 42.0 Å². The van der Waals surface area contributed by atoms with Crippen LogP contribution in [-0.4, -0.2) is 10.9 Å². The van der Waals surface area contributed by atoms with Crippen molar-refractivity contribution in [3.63, 3.8) is 0 Å². The second-order valence-corrected chi connectivity index (χ2v) is 6.73. The van der Waals surface area contributed by atoms with Gasteiger partial charge in [0.15, 0.2) is 0 Å². The molecule has 0 spiro atoms. The number of aryl methyl sites for hydroxylation is 1. The smallest absolute Gasteiger partial charge is 0.220 e. The average molecular weight is 292 g/mol. The Kier molecular flexibility index (Phi) is 3.94. The molecule has 5 heteroatoms. The second-order valence-electron chi connectivity index (χ2n) is 4.81. The van der Waals surface area contributed by atoms with Crippen LogP contribution in [0.3, 0.4) is 0 Å². The molecule has 2 heterocycles. The molecule has 19 heavy (non-hydrogen) atoms. The van der Waals surface area contributed by atoms with Gasteiger partial charge < -0.3 is 5.32 Å². The van der Waals surface area contributed by atoms with E-state index >= 15 is 0 Å². The number of hydrogen-bond donors (Lipinski definition) is 1. The van der Waals surface area contributed by atoms with Gasteiger partial charge in [-0.2, -0.15) is 0 Å². The highest BCUT2D eigenvalue weighted by molar-refractivity contribution is 7.10. The van der Waals surface area contributed by atoms with Crippen LogP contribution in [0.4, 0.5) is 0 Å². The van der Waals surface area contributed by atoms with Crippen molar-refractivity contribution in [1.82, 2.24) is 10.3 Å². The third kappa shape index (κ3) is 3.64. The van der Waals surface area contributed by atoms with E-state index in [9.17, 15) is 4.79 Å². The zero-order valence-electron chi connectivity index (χ0n) is 10.6. The first kappa shape index (κ1) is 12.8. The molecule has 0 aromatic carbocycles. The molecule has 1 amide bonds. The molecule has 0 bridgehead atoms. The Morgan fingerprint density at radius 2 is 2.32 bits per heavy atom. The van der Waals surface area contributed by atoms with Crippen molar-refractivity contribution in [3.05, 3.63) is 38.5 Å². The van der Waals surface area contributed by atoms with Crippen LogP contribution in [0.5, 0.6) is 0 Å². The van der Waals surface area contributed by atoms with Gasteiger partial charge in [-0.1, -0.05) is 6.07 Å². The van der Waals surface area contributed by atoms with Gasteiger partial charge in [0.2, 0.25) is 5.91 Å². The monoisotopic (exact) mass is 292 g/mol. The standard InChI is InChI=1S/C14H16N2OS2/c17-13(6-5-12-2-1-7-18-12)15-8-11-9-19-14(16-11)10-3-4-10/h1-2,7,9-10H,3-6,8H2,(H,15,17). The van der Waals surface area contributed by atoms with Gasteiger partial charge in [-0.05, 0) is 30.7 Å². The van der Waals surface area contributed by atoms with Gasteiger partial charge in [-0.15, -0.1) is 22.7 Å². The number of hydrogen-bond acceptors (Lipinski definition) is 4. The van der Waals surface area contributed by atoms with Gasteiger partial charge in [0, 0.05) is 22.6 Å². The number of thiazole rings is 1. The number of rotatable bonds is 6. The Morgan fingerprint density at radius 1 is 1.42 bits per heavy atom. The molecule has 0 aliphatic heterocycles. The van der Waals surface area contributed by atoms with Crippen LogP contribution in [0.15, 0.2) is 22.9 Å². The number of carbonyl (C=O) groups is 1. The summed E-state index contributed by atoms with van der Waals surface area (Å²) in [5.74, 6) is 0.808. The van der Waals surface area contributed by atoms with Gasteiger partial charge in [0.05, 0.1) is 17.2 Å². The Bertz CT molecular complexity index is 544. The lowest BCUT2D eigenvalue weighted by atomic mass is 10.2. The lowest BCUT2D eigenvalue weighted by molar-refractivity contribution is -0.121. The molecular weight excluding hydrogens is 276 g/mol. The molecule has 0 atom stereocenters. The maximum Gasteiger partial charge on any atom is 0.220 e. The van der Waals surface area contributed by atoms with E-state index in [-0.39, 0.29) is 5.91 Å². The Balaban J connectivity index is 1.41. The third-order valence-corrected chi connectivity index (χ3v) is 5.13. The van der Waals surface area contributed by atoms with E-state index in [1.54, 1.807) is 22.7 Å². The SMILES string of the molecule is O=C(CCc1cccs1)NCc1csc(C2CC2)n1. The molecule has 3 rings (SSSR count). The first-order valence-electron chi connectivity index (χ1n) is 6.54. The molecule has 1 aliphatic carbocycles. The molecule has 2 aromatic heterocycles. The van der Waals surface area contributed by atoms with Gasteiger partial charge >= 0.3 is 0 Å². The van der Waals surface area contributed by atoms with Crippen LogP contribution in [0.1, 0.15) is 40.8 Å². The van der Waals surface area contributed by atoms with E-state index in [0.29, 0.717) is 18.9 Å². The first-order valence-corrected chi connectivity index (χ1v) is 8.30. The highest BCUT2D eigenvalue weighted by atomic mass is 32.1. The number of amides is 1. The van der Waals surface area contributed by atoms with Crippen molar-refractivity contribution in [3.8, 4) is 0 Å². The van der Waals surface area contributed by atoms with Crippen LogP contribution in [0, 0.1) is 0 Å². The Hall–Kier alpha value is -1.20. The molecule has 1 N–H and O–H groups in total. The van der Waals surface area contributed by atoms with E-state index in [4.69, 9.17) is 0 Å². The largest absolute Gasteiger partial charge is 0.350 e. The molecule has 0 unspecified atom stereocenters. The minimum Gasteiger partial charge on any atom is -0.350 e. The minimum atomic E-state index is 0.106. The second kappa shape index (κ2) is 5.84. The highest BCUT2D eigenvalue weighted by Crippen LogP contribution is 2.41. The van der Waals surface area contributed by atoms with E-state index in [1.165, 1.54) is 22.7 Å². The zero-order valence-corrected chi connectivity index (χ0v) is 12.2. The van der Waals surface area contributed by atoms with Gasteiger partial charge in [-0.25, -0.2) is 4.98 Å². The van der Waals surface area contributed by atoms with Crippen molar-refractivity contribution in [2.75, 3.05) is 0 Å². The number of nitrogens with zero attached hydrogens (tertiary/aromatic N) is 1. The average Bonchev–Trinajstić information content (AvgIpc) is 2.95. The molecule has 0 radical (unpaired) electrons. The summed E-state index contributed by atoms with van der Waals surface area (Å²) in [5, 5.41) is 8.29. The fraction of sp³-hybridized carbons (Fsp3) is 0.429. The fourth-order valence-corrected chi connectivity index (χ4v) is 3.59. The Morgan fingerprint density at radius 3 is 3.05 bits per heavy atom. The summed E-state index contributed by atoms with van der Waals surface area (Å²) in [5.41, 5.74) is 0.997. The van der Waals surface area contributed by atoms with E-state index < -0.39 is 0 Å². The zero-order chi connectivity index (χ0) is 13.1. The summed E-state index contributed by atoms with van der Waals surface area (Å²) in [6.45, 7) is 0.562. The molecule has 1 fully saturated rings. The highest BCUT2D eigenvalue weighted by Gasteiger charge is 2.26.